The average Bonchev–Trinajstić information content (AvgIpc) is 2.91. The molecular formula is C28H27ClF3N5O2. The van der Waals surface area contributed by atoms with Gasteiger partial charge >= 0.3 is 0 Å². The summed E-state index contributed by atoms with van der Waals surface area (Å²) >= 11 is 6.53. The van der Waals surface area contributed by atoms with Crippen LogP contribution in [0.5, 0.6) is 0 Å². The molecule has 39 heavy (non-hydrogen) atoms. The number of rotatable bonds is 7. The molecule has 2 aromatic carbocycles. The number of halogens is 4. The fraction of sp³-hybridized carbons (Fsp3) is 0.357. The van der Waals surface area contributed by atoms with Crippen LogP contribution in [0.1, 0.15) is 43.7 Å². The van der Waals surface area contributed by atoms with E-state index in [9.17, 15) is 22.8 Å². The molecule has 2 heterocycles. The number of hydrogen-bond donors (Lipinski definition) is 1. The second-order valence-corrected chi connectivity index (χ2v) is 10.2. The van der Waals surface area contributed by atoms with Gasteiger partial charge in [0.05, 0.1) is 0 Å². The Hall–Kier alpha value is -3.66. The van der Waals surface area contributed by atoms with Crippen LogP contribution in [-0.2, 0) is 9.59 Å². The van der Waals surface area contributed by atoms with E-state index in [0.717, 1.165) is 12.8 Å². The van der Waals surface area contributed by atoms with Crippen LogP contribution in [0.15, 0.2) is 67.0 Å². The summed E-state index contributed by atoms with van der Waals surface area (Å²) in [5.74, 6) is -4.25. The third-order valence-electron chi connectivity index (χ3n) is 7.06. The number of nitrogens with one attached hydrogen (secondary N) is 1. The number of carbonyl (C=O) groups is 2. The van der Waals surface area contributed by atoms with E-state index >= 15 is 0 Å². The fourth-order valence-corrected chi connectivity index (χ4v) is 5.43. The van der Waals surface area contributed by atoms with Crippen LogP contribution in [0.25, 0.3) is 0 Å². The first-order valence-electron chi connectivity index (χ1n) is 12.8. The molecule has 1 N–H and O–H groups in total. The van der Waals surface area contributed by atoms with Crippen molar-refractivity contribution >= 4 is 35.1 Å². The molecule has 204 valence electrons. The van der Waals surface area contributed by atoms with Crippen LogP contribution in [-0.4, -0.2) is 46.3 Å². The van der Waals surface area contributed by atoms with Gasteiger partial charge in [-0.25, -0.2) is 23.1 Å². The minimum atomic E-state index is -2.85. The lowest BCUT2D eigenvalue weighted by atomic mass is 9.87. The maximum Gasteiger partial charge on any atom is 0.252 e. The maximum absolute atomic E-state index is 14.5. The average molecular weight is 558 g/mol. The standard InChI is InChI=1S/C28H27ClF3N5O2/c29-22-10-2-1-9-21(22)24(25(38)35-19-16-28(31,32)17-19)37(20-8-5-7-18(30)15-20)26(39)23-11-3-4-14-36(23)27-33-12-6-13-34-27/h1-2,5-10,12-13,15,19,23-24H,3-4,11,14,16-17H2,(H,35,38)/t23-,24+/m0/s1. The van der Waals surface area contributed by atoms with E-state index in [1.165, 1.54) is 29.2 Å². The van der Waals surface area contributed by atoms with E-state index in [1.54, 1.807) is 47.6 Å². The topological polar surface area (TPSA) is 78.4 Å². The molecule has 1 aliphatic heterocycles. The number of amides is 2. The van der Waals surface area contributed by atoms with Crippen LogP contribution in [0.2, 0.25) is 5.02 Å². The highest BCUT2D eigenvalue weighted by molar-refractivity contribution is 6.31. The maximum atomic E-state index is 14.5. The number of carbonyl (C=O) groups excluding carboxylic acids is 2. The summed E-state index contributed by atoms with van der Waals surface area (Å²) in [5.41, 5.74) is 0.428. The Morgan fingerprint density at radius 2 is 1.79 bits per heavy atom. The number of aromatic nitrogens is 2. The lowest BCUT2D eigenvalue weighted by Crippen LogP contribution is -2.57. The molecule has 1 aliphatic carbocycles. The molecule has 1 saturated heterocycles. The van der Waals surface area contributed by atoms with Gasteiger partial charge < -0.3 is 10.2 Å². The first kappa shape index (κ1) is 26.9. The molecule has 1 saturated carbocycles. The van der Waals surface area contributed by atoms with Crippen molar-refractivity contribution in [3.8, 4) is 0 Å². The lowest BCUT2D eigenvalue weighted by Gasteiger charge is -2.41. The molecule has 11 heteroatoms. The Bertz CT molecular complexity index is 1340. The zero-order valence-electron chi connectivity index (χ0n) is 20.9. The molecular weight excluding hydrogens is 531 g/mol. The summed E-state index contributed by atoms with van der Waals surface area (Å²) in [7, 11) is 0. The molecule has 0 unspecified atom stereocenters. The van der Waals surface area contributed by atoms with Crippen molar-refractivity contribution in [2.24, 2.45) is 0 Å². The number of hydrogen-bond acceptors (Lipinski definition) is 5. The Balaban J connectivity index is 1.59. The summed E-state index contributed by atoms with van der Waals surface area (Å²) in [6.45, 7) is 0.511. The number of alkyl halides is 2. The molecule has 2 aliphatic rings. The van der Waals surface area contributed by atoms with Crippen molar-refractivity contribution in [2.45, 2.75) is 56.2 Å². The number of benzene rings is 2. The van der Waals surface area contributed by atoms with Gasteiger partial charge in [0.25, 0.3) is 11.8 Å². The second kappa shape index (κ2) is 11.2. The lowest BCUT2D eigenvalue weighted by molar-refractivity contribution is -0.133. The van der Waals surface area contributed by atoms with Crippen molar-refractivity contribution in [2.75, 3.05) is 16.3 Å². The normalized spacial score (nSPS) is 19.6. The molecule has 1 aromatic heterocycles. The zero-order valence-corrected chi connectivity index (χ0v) is 21.7. The van der Waals surface area contributed by atoms with Gasteiger partial charge in [-0.15, -0.1) is 0 Å². The molecule has 5 rings (SSSR count). The van der Waals surface area contributed by atoms with Crippen LogP contribution in [0.3, 0.4) is 0 Å². The highest BCUT2D eigenvalue weighted by Gasteiger charge is 2.48. The molecule has 0 radical (unpaired) electrons. The van der Waals surface area contributed by atoms with Gasteiger partial charge in [-0.1, -0.05) is 35.9 Å². The Morgan fingerprint density at radius 1 is 1.05 bits per heavy atom. The Morgan fingerprint density at radius 3 is 2.49 bits per heavy atom. The first-order chi connectivity index (χ1) is 18.7. The van der Waals surface area contributed by atoms with E-state index in [0.29, 0.717) is 24.5 Å². The molecule has 7 nitrogen and oxygen atoms in total. The summed E-state index contributed by atoms with van der Waals surface area (Å²) in [6, 6.07) is 10.7. The van der Waals surface area contributed by atoms with Crippen molar-refractivity contribution in [3.63, 3.8) is 0 Å². The van der Waals surface area contributed by atoms with E-state index in [1.807, 2.05) is 0 Å². The summed E-state index contributed by atoms with van der Waals surface area (Å²) in [6.07, 6.45) is 4.18. The minimum Gasteiger partial charge on any atom is -0.351 e. The van der Waals surface area contributed by atoms with E-state index in [2.05, 4.69) is 15.3 Å². The molecule has 2 fully saturated rings. The van der Waals surface area contributed by atoms with Gasteiger partial charge in [0.15, 0.2) is 0 Å². The third-order valence-corrected chi connectivity index (χ3v) is 7.41. The molecule has 0 bridgehead atoms. The van der Waals surface area contributed by atoms with Crippen molar-refractivity contribution in [1.82, 2.24) is 15.3 Å². The van der Waals surface area contributed by atoms with E-state index < -0.39 is 54.5 Å². The molecule has 0 spiro atoms. The van der Waals surface area contributed by atoms with Crippen molar-refractivity contribution < 1.29 is 22.8 Å². The van der Waals surface area contributed by atoms with Crippen LogP contribution >= 0.6 is 11.6 Å². The molecule has 2 atom stereocenters. The van der Waals surface area contributed by atoms with E-state index in [-0.39, 0.29) is 10.7 Å². The quantitative estimate of drug-likeness (QED) is 0.426. The predicted molar refractivity (Wildman–Crippen MR) is 141 cm³/mol. The Labute approximate surface area is 229 Å². The number of nitrogens with zero attached hydrogens (tertiary/aromatic N) is 4. The third kappa shape index (κ3) is 5.85. The van der Waals surface area contributed by atoms with Gasteiger partial charge in [0, 0.05) is 54.1 Å². The SMILES string of the molecule is O=C(NC1CC(F)(F)C1)[C@@H](c1ccccc1Cl)N(C(=O)[C@@H]1CCCCN1c1ncccn1)c1cccc(F)c1. The van der Waals surface area contributed by atoms with Gasteiger partial charge in [-0.3, -0.25) is 14.5 Å². The summed E-state index contributed by atoms with van der Waals surface area (Å²) in [5, 5.41) is 2.87. The molecule has 3 aromatic rings. The fourth-order valence-electron chi connectivity index (χ4n) is 5.20. The monoisotopic (exact) mass is 557 g/mol. The zero-order chi connectivity index (χ0) is 27.6. The highest BCUT2D eigenvalue weighted by atomic mass is 35.5. The smallest absolute Gasteiger partial charge is 0.252 e. The summed E-state index contributed by atoms with van der Waals surface area (Å²) < 4.78 is 41.7. The number of anilines is 2. The van der Waals surface area contributed by atoms with Gasteiger partial charge in [-0.2, -0.15) is 0 Å². The minimum absolute atomic E-state index is 0.138. The van der Waals surface area contributed by atoms with Crippen LogP contribution < -0.4 is 15.1 Å². The number of piperidine rings is 1. The highest BCUT2D eigenvalue weighted by Crippen LogP contribution is 2.39. The van der Waals surface area contributed by atoms with Gasteiger partial charge in [0.1, 0.15) is 17.9 Å². The van der Waals surface area contributed by atoms with Crippen LogP contribution in [0.4, 0.5) is 24.8 Å². The van der Waals surface area contributed by atoms with E-state index in [4.69, 9.17) is 11.6 Å². The molecule has 2 amide bonds. The summed E-state index contributed by atoms with van der Waals surface area (Å²) in [4.78, 5) is 39.9. The largest absolute Gasteiger partial charge is 0.351 e. The van der Waals surface area contributed by atoms with Gasteiger partial charge in [0.2, 0.25) is 11.9 Å². The van der Waals surface area contributed by atoms with Crippen LogP contribution in [0, 0.1) is 5.82 Å². The predicted octanol–water partition coefficient (Wildman–Crippen LogP) is 5.32. The van der Waals surface area contributed by atoms with Crippen molar-refractivity contribution in [1.29, 1.82) is 0 Å². The second-order valence-electron chi connectivity index (χ2n) is 9.84. The first-order valence-corrected chi connectivity index (χ1v) is 13.2. The Kier molecular flexibility index (Phi) is 7.74. The van der Waals surface area contributed by atoms with Gasteiger partial charge in [-0.05, 0) is 49.6 Å². The van der Waals surface area contributed by atoms with Crippen molar-refractivity contribution in [3.05, 3.63) is 83.4 Å².